The minimum absolute atomic E-state index is 0.208. The smallest absolute Gasteiger partial charge is 0.332 e. The van der Waals surface area contributed by atoms with Crippen molar-refractivity contribution >= 4 is 17.4 Å². The summed E-state index contributed by atoms with van der Waals surface area (Å²) in [5.41, 5.74) is 1.35. The quantitative estimate of drug-likeness (QED) is 0.617. The van der Waals surface area contributed by atoms with E-state index in [4.69, 9.17) is 4.74 Å². The van der Waals surface area contributed by atoms with E-state index in [1.165, 1.54) is 14.2 Å². The molecule has 0 fully saturated rings. The second-order valence-electron chi connectivity index (χ2n) is 3.45. The van der Waals surface area contributed by atoms with Gasteiger partial charge in [-0.3, -0.25) is 4.79 Å². The Kier molecular flexibility index (Phi) is 2.82. The van der Waals surface area contributed by atoms with Gasteiger partial charge in [0.25, 0.3) is 0 Å². The Hall–Kier alpha value is -2.30. The fraction of sp³-hybridized carbons (Fsp3) is 0.167. The average molecular weight is 233 g/mol. The lowest BCUT2D eigenvalue weighted by Gasteiger charge is -2.01. The molecule has 0 saturated carbocycles. The van der Waals surface area contributed by atoms with E-state index >= 15 is 0 Å². The van der Waals surface area contributed by atoms with Gasteiger partial charge in [-0.1, -0.05) is 0 Å². The van der Waals surface area contributed by atoms with Crippen LogP contribution in [0.15, 0.2) is 30.0 Å². The summed E-state index contributed by atoms with van der Waals surface area (Å²) < 4.78 is 9.51. The van der Waals surface area contributed by atoms with Crippen LogP contribution < -0.4 is 10.1 Å². The fourth-order valence-corrected chi connectivity index (χ4v) is 1.57. The van der Waals surface area contributed by atoms with Crippen molar-refractivity contribution in [2.45, 2.75) is 0 Å². The molecule has 2 rings (SSSR count). The number of benzene rings is 1. The predicted molar refractivity (Wildman–Crippen MR) is 61.0 cm³/mol. The van der Waals surface area contributed by atoms with E-state index in [0.29, 0.717) is 17.0 Å². The molecule has 17 heavy (non-hydrogen) atoms. The second kappa shape index (κ2) is 4.29. The molecule has 0 aliphatic carbocycles. The Morgan fingerprint density at radius 2 is 2.12 bits per heavy atom. The zero-order valence-electron chi connectivity index (χ0n) is 9.44. The SMILES string of the molecule is COC(=O)/C=C1\Nc2ccc(OC)cc2C1=O. The van der Waals surface area contributed by atoms with Crippen LogP contribution in [-0.2, 0) is 9.53 Å². The summed E-state index contributed by atoms with van der Waals surface area (Å²) in [5.74, 6) is -0.219. The zero-order valence-corrected chi connectivity index (χ0v) is 9.44. The van der Waals surface area contributed by atoms with Crippen LogP contribution in [0.1, 0.15) is 10.4 Å². The third-order valence-corrected chi connectivity index (χ3v) is 2.45. The Balaban J connectivity index is 2.36. The third kappa shape index (κ3) is 1.99. The third-order valence-electron chi connectivity index (χ3n) is 2.45. The normalized spacial score (nSPS) is 15.4. The molecule has 0 unspecified atom stereocenters. The highest BCUT2D eigenvalue weighted by Crippen LogP contribution is 2.30. The number of esters is 1. The molecule has 1 aliphatic rings. The number of ketones is 1. The van der Waals surface area contributed by atoms with E-state index in [1.807, 2.05) is 0 Å². The van der Waals surface area contributed by atoms with Gasteiger partial charge < -0.3 is 14.8 Å². The first-order valence-corrected chi connectivity index (χ1v) is 4.95. The van der Waals surface area contributed by atoms with Crippen LogP contribution in [-0.4, -0.2) is 26.0 Å². The highest BCUT2D eigenvalue weighted by molar-refractivity contribution is 6.20. The maximum atomic E-state index is 11.9. The molecule has 5 nitrogen and oxygen atoms in total. The molecule has 0 saturated heterocycles. The highest BCUT2D eigenvalue weighted by Gasteiger charge is 2.25. The molecule has 0 radical (unpaired) electrons. The zero-order chi connectivity index (χ0) is 12.4. The molecule has 0 amide bonds. The topological polar surface area (TPSA) is 64.6 Å². The minimum atomic E-state index is -0.569. The molecular formula is C12H11NO4. The van der Waals surface area contributed by atoms with Crippen molar-refractivity contribution in [1.29, 1.82) is 0 Å². The molecular weight excluding hydrogens is 222 g/mol. The summed E-state index contributed by atoms with van der Waals surface area (Å²) in [7, 11) is 2.79. The molecule has 0 atom stereocenters. The van der Waals surface area contributed by atoms with Crippen molar-refractivity contribution in [2.24, 2.45) is 0 Å². The molecule has 5 heteroatoms. The van der Waals surface area contributed by atoms with Gasteiger partial charge in [-0.05, 0) is 18.2 Å². The van der Waals surface area contributed by atoms with Gasteiger partial charge in [0.15, 0.2) is 0 Å². The Morgan fingerprint density at radius 1 is 1.35 bits per heavy atom. The lowest BCUT2D eigenvalue weighted by molar-refractivity contribution is -0.134. The van der Waals surface area contributed by atoms with E-state index in [0.717, 1.165) is 6.08 Å². The summed E-state index contributed by atoms with van der Waals surface area (Å²) in [6, 6.07) is 5.09. The van der Waals surface area contributed by atoms with Crippen molar-refractivity contribution in [3.63, 3.8) is 0 Å². The molecule has 1 aromatic carbocycles. The maximum Gasteiger partial charge on any atom is 0.332 e. The number of methoxy groups -OCH3 is 2. The van der Waals surface area contributed by atoms with E-state index in [1.54, 1.807) is 18.2 Å². The van der Waals surface area contributed by atoms with Crippen LogP contribution in [0.3, 0.4) is 0 Å². The number of allylic oxidation sites excluding steroid dienone is 1. The predicted octanol–water partition coefficient (Wildman–Crippen LogP) is 1.36. The number of carbonyl (C=O) groups is 2. The largest absolute Gasteiger partial charge is 0.497 e. The number of anilines is 1. The number of rotatable bonds is 2. The fourth-order valence-electron chi connectivity index (χ4n) is 1.57. The number of fused-ring (bicyclic) bond motifs is 1. The molecule has 0 spiro atoms. The molecule has 0 aromatic heterocycles. The summed E-state index contributed by atoms with van der Waals surface area (Å²) in [6.07, 6.45) is 1.13. The van der Waals surface area contributed by atoms with Crippen LogP contribution >= 0.6 is 0 Å². The number of hydrogen-bond acceptors (Lipinski definition) is 5. The average Bonchev–Trinajstić information content (AvgIpc) is 2.66. The van der Waals surface area contributed by atoms with Crippen LogP contribution in [0.5, 0.6) is 5.75 Å². The first kappa shape index (κ1) is 11.2. The van der Waals surface area contributed by atoms with E-state index < -0.39 is 5.97 Å². The standard InChI is InChI=1S/C12H11NO4/c1-16-7-3-4-9-8(5-7)12(15)10(13-9)6-11(14)17-2/h3-6,13H,1-2H3/b10-6-. The Bertz CT molecular complexity index is 519. The van der Waals surface area contributed by atoms with Crippen molar-refractivity contribution in [1.82, 2.24) is 0 Å². The van der Waals surface area contributed by atoms with Crippen molar-refractivity contribution < 1.29 is 19.1 Å². The number of nitrogens with one attached hydrogen (secondary N) is 1. The maximum absolute atomic E-state index is 11.9. The summed E-state index contributed by atoms with van der Waals surface area (Å²) in [6.45, 7) is 0. The van der Waals surface area contributed by atoms with Gasteiger partial charge in [-0.25, -0.2) is 4.79 Å². The number of carbonyl (C=O) groups excluding carboxylic acids is 2. The van der Waals surface area contributed by atoms with Crippen LogP contribution in [0.2, 0.25) is 0 Å². The lowest BCUT2D eigenvalue weighted by atomic mass is 10.1. The molecule has 88 valence electrons. The number of hydrogen-bond donors (Lipinski definition) is 1. The second-order valence-corrected chi connectivity index (χ2v) is 3.45. The molecule has 1 N–H and O–H groups in total. The van der Waals surface area contributed by atoms with Gasteiger partial charge >= 0.3 is 5.97 Å². The number of ether oxygens (including phenoxy) is 2. The van der Waals surface area contributed by atoms with Gasteiger partial charge in [0.1, 0.15) is 5.75 Å². The monoisotopic (exact) mass is 233 g/mol. The molecule has 1 aromatic rings. The minimum Gasteiger partial charge on any atom is -0.497 e. The van der Waals surface area contributed by atoms with Gasteiger partial charge in [0.05, 0.1) is 37.2 Å². The van der Waals surface area contributed by atoms with Gasteiger partial charge in [-0.15, -0.1) is 0 Å². The summed E-state index contributed by atoms with van der Waals surface area (Å²) in [4.78, 5) is 23.0. The van der Waals surface area contributed by atoms with Gasteiger partial charge in [-0.2, -0.15) is 0 Å². The first-order chi connectivity index (χ1) is 8.15. The molecule has 0 bridgehead atoms. The highest BCUT2D eigenvalue weighted by atomic mass is 16.5. The van der Waals surface area contributed by atoms with Crippen LogP contribution in [0.4, 0.5) is 5.69 Å². The first-order valence-electron chi connectivity index (χ1n) is 4.95. The van der Waals surface area contributed by atoms with E-state index in [2.05, 4.69) is 10.1 Å². The Morgan fingerprint density at radius 3 is 2.76 bits per heavy atom. The van der Waals surface area contributed by atoms with Crippen molar-refractivity contribution in [3.8, 4) is 5.75 Å². The lowest BCUT2D eigenvalue weighted by Crippen LogP contribution is -2.05. The summed E-state index contributed by atoms with van der Waals surface area (Å²) in [5, 5.41) is 2.86. The van der Waals surface area contributed by atoms with E-state index in [9.17, 15) is 9.59 Å². The number of Topliss-reactive ketones (excluding diaryl/α,β-unsaturated/α-hetero) is 1. The van der Waals surface area contributed by atoms with Gasteiger partial charge in [0.2, 0.25) is 5.78 Å². The van der Waals surface area contributed by atoms with Crippen molar-refractivity contribution in [2.75, 3.05) is 19.5 Å². The van der Waals surface area contributed by atoms with E-state index in [-0.39, 0.29) is 11.5 Å². The van der Waals surface area contributed by atoms with Crippen LogP contribution in [0.25, 0.3) is 0 Å². The molecule has 1 heterocycles. The Labute approximate surface area is 98.0 Å². The van der Waals surface area contributed by atoms with Gasteiger partial charge in [0, 0.05) is 0 Å². The summed E-state index contributed by atoms with van der Waals surface area (Å²) >= 11 is 0. The van der Waals surface area contributed by atoms with Crippen molar-refractivity contribution in [3.05, 3.63) is 35.5 Å². The molecule has 1 aliphatic heterocycles. The van der Waals surface area contributed by atoms with Crippen LogP contribution in [0, 0.1) is 0 Å².